The number of benzene rings is 2. The van der Waals surface area contributed by atoms with Crippen LogP contribution in [0.3, 0.4) is 0 Å². The molecule has 10 nitrogen and oxygen atoms in total. The molecule has 0 fully saturated rings. The zero-order valence-corrected chi connectivity index (χ0v) is 18.4. The fourth-order valence-electron chi connectivity index (χ4n) is 3.33. The zero-order chi connectivity index (χ0) is 23.4. The molecular weight excluding hydrogens is 428 g/mol. The SMILES string of the molecule is COc1ccc(-c2noc(COC(=O)CCn3cnc4c(C)cccc4c3=O)n2)c(OC)c1. The predicted octanol–water partition coefficient (Wildman–Crippen LogP) is 2.91. The Morgan fingerprint density at radius 1 is 1.15 bits per heavy atom. The molecule has 170 valence electrons. The molecule has 0 spiro atoms. The number of fused-ring (bicyclic) bond motifs is 1. The third-order valence-corrected chi connectivity index (χ3v) is 5.09. The smallest absolute Gasteiger partial charge is 0.308 e. The number of carbonyl (C=O) groups is 1. The molecule has 2 heterocycles. The van der Waals surface area contributed by atoms with Crippen molar-refractivity contribution in [3.8, 4) is 22.9 Å². The summed E-state index contributed by atoms with van der Waals surface area (Å²) in [6.07, 6.45) is 1.43. The van der Waals surface area contributed by atoms with Crippen LogP contribution in [0.2, 0.25) is 0 Å². The van der Waals surface area contributed by atoms with E-state index < -0.39 is 5.97 Å². The first kappa shape index (κ1) is 22.0. The lowest BCUT2D eigenvalue weighted by Gasteiger charge is -2.07. The van der Waals surface area contributed by atoms with Crippen LogP contribution < -0.4 is 15.0 Å². The minimum Gasteiger partial charge on any atom is -0.497 e. The molecule has 2 aromatic carbocycles. The molecule has 0 aliphatic heterocycles. The number of rotatable bonds is 8. The molecule has 33 heavy (non-hydrogen) atoms. The van der Waals surface area contributed by atoms with Gasteiger partial charge in [0, 0.05) is 12.6 Å². The molecule has 4 rings (SSSR count). The summed E-state index contributed by atoms with van der Waals surface area (Å²) in [5.74, 6) is 1.07. The molecule has 0 bridgehead atoms. The van der Waals surface area contributed by atoms with E-state index in [1.54, 1.807) is 37.4 Å². The van der Waals surface area contributed by atoms with E-state index in [2.05, 4.69) is 15.1 Å². The summed E-state index contributed by atoms with van der Waals surface area (Å²) in [7, 11) is 3.08. The lowest BCUT2D eigenvalue weighted by molar-refractivity contribution is -0.146. The van der Waals surface area contributed by atoms with Gasteiger partial charge in [0.15, 0.2) is 6.61 Å². The number of aryl methyl sites for hydroxylation is 2. The van der Waals surface area contributed by atoms with Gasteiger partial charge in [-0.25, -0.2) is 4.98 Å². The number of esters is 1. The highest BCUT2D eigenvalue weighted by molar-refractivity contribution is 5.80. The van der Waals surface area contributed by atoms with Crippen molar-refractivity contribution >= 4 is 16.9 Å². The van der Waals surface area contributed by atoms with E-state index in [0.29, 0.717) is 33.8 Å². The Bertz CT molecular complexity index is 1360. The van der Waals surface area contributed by atoms with E-state index in [1.807, 2.05) is 13.0 Å². The van der Waals surface area contributed by atoms with E-state index >= 15 is 0 Å². The van der Waals surface area contributed by atoms with Gasteiger partial charge in [-0.1, -0.05) is 17.3 Å². The average Bonchev–Trinajstić information content (AvgIpc) is 3.31. The molecule has 0 aliphatic carbocycles. The normalized spacial score (nSPS) is 10.9. The van der Waals surface area contributed by atoms with Gasteiger partial charge in [0.2, 0.25) is 5.82 Å². The largest absolute Gasteiger partial charge is 0.497 e. The fourth-order valence-corrected chi connectivity index (χ4v) is 3.33. The molecule has 4 aromatic rings. The van der Waals surface area contributed by atoms with Crippen molar-refractivity contribution < 1.29 is 23.5 Å². The average molecular weight is 450 g/mol. The topological polar surface area (TPSA) is 119 Å². The van der Waals surface area contributed by atoms with Crippen LogP contribution in [0, 0.1) is 6.92 Å². The van der Waals surface area contributed by atoms with E-state index in [0.717, 1.165) is 5.56 Å². The maximum Gasteiger partial charge on any atom is 0.308 e. The minimum absolute atomic E-state index is 0.00773. The first-order chi connectivity index (χ1) is 16.0. The Morgan fingerprint density at radius 2 is 2.00 bits per heavy atom. The Hall–Kier alpha value is -4.21. The number of carbonyl (C=O) groups excluding carboxylic acids is 1. The summed E-state index contributed by atoms with van der Waals surface area (Å²) in [6, 6.07) is 10.6. The summed E-state index contributed by atoms with van der Waals surface area (Å²) in [5, 5.41) is 4.43. The first-order valence-corrected chi connectivity index (χ1v) is 10.2. The summed E-state index contributed by atoms with van der Waals surface area (Å²) in [4.78, 5) is 33.4. The highest BCUT2D eigenvalue weighted by Gasteiger charge is 2.16. The quantitative estimate of drug-likeness (QED) is 0.373. The second kappa shape index (κ2) is 9.51. The van der Waals surface area contributed by atoms with Crippen molar-refractivity contribution in [3.05, 3.63) is 64.5 Å². The van der Waals surface area contributed by atoms with Crippen LogP contribution in [-0.2, 0) is 22.7 Å². The molecule has 0 radical (unpaired) electrons. The van der Waals surface area contributed by atoms with Crippen LogP contribution in [0.15, 0.2) is 52.0 Å². The molecule has 0 unspecified atom stereocenters. The molecule has 0 saturated heterocycles. The molecule has 0 amide bonds. The molecule has 0 aliphatic rings. The number of para-hydroxylation sites is 1. The van der Waals surface area contributed by atoms with E-state index in [9.17, 15) is 9.59 Å². The second-order valence-electron chi connectivity index (χ2n) is 7.20. The van der Waals surface area contributed by atoms with E-state index in [4.69, 9.17) is 18.7 Å². The number of nitrogens with zero attached hydrogens (tertiary/aromatic N) is 4. The zero-order valence-electron chi connectivity index (χ0n) is 18.4. The highest BCUT2D eigenvalue weighted by atomic mass is 16.6. The van der Waals surface area contributed by atoms with Gasteiger partial charge in [0.25, 0.3) is 11.4 Å². The summed E-state index contributed by atoms with van der Waals surface area (Å²) in [6.45, 7) is 1.85. The summed E-state index contributed by atoms with van der Waals surface area (Å²) >= 11 is 0. The molecule has 0 N–H and O–H groups in total. The van der Waals surface area contributed by atoms with Crippen molar-refractivity contribution in [3.63, 3.8) is 0 Å². The monoisotopic (exact) mass is 450 g/mol. The Labute approximate surface area is 188 Å². The number of hydrogen-bond acceptors (Lipinski definition) is 9. The van der Waals surface area contributed by atoms with Crippen LogP contribution in [0.5, 0.6) is 11.5 Å². The molecule has 2 aromatic heterocycles. The standard InChI is InChI=1S/C23H22N4O6/c1-14-5-4-6-17-21(14)24-13-27(23(17)29)10-9-20(28)32-12-19-25-22(26-33-19)16-8-7-15(30-2)11-18(16)31-3/h4-8,11,13H,9-10,12H2,1-3H3. The Kier molecular flexibility index (Phi) is 6.34. The van der Waals surface area contributed by atoms with Gasteiger partial charge < -0.3 is 18.7 Å². The first-order valence-electron chi connectivity index (χ1n) is 10.2. The van der Waals surface area contributed by atoms with Crippen molar-refractivity contribution in [1.82, 2.24) is 19.7 Å². The molecule has 10 heteroatoms. The molecule has 0 atom stereocenters. The number of hydrogen-bond donors (Lipinski definition) is 0. The Morgan fingerprint density at radius 3 is 2.79 bits per heavy atom. The van der Waals surface area contributed by atoms with Crippen molar-refractivity contribution in [1.29, 1.82) is 0 Å². The van der Waals surface area contributed by atoms with Gasteiger partial charge in [0.1, 0.15) is 11.5 Å². The maximum absolute atomic E-state index is 12.6. The van der Waals surface area contributed by atoms with Crippen molar-refractivity contribution in [2.45, 2.75) is 26.5 Å². The Balaban J connectivity index is 1.37. The van der Waals surface area contributed by atoms with Gasteiger partial charge in [-0.2, -0.15) is 4.98 Å². The summed E-state index contributed by atoms with van der Waals surface area (Å²) < 4.78 is 22.3. The van der Waals surface area contributed by atoms with Crippen molar-refractivity contribution in [2.75, 3.05) is 14.2 Å². The third kappa shape index (κ3) is 4.69. The van der Waals surface area contributed by atoms with Gasteiger partial charge in [-0.15, -0.1) is 0 Å². The number of aromatic nitrogens is 4. The van der Waals surface area contributed by atoms with E-state index in [1.165, 1.54) is 18.0 Å². The molecular formula is C23H22N4O6. The third-order valence-electron chi connectivity index (χ3n) is 5.09. The van der Waals surface area contributed by atoms with Gasteiger partial charge in [-0.05, 0) is 30.7 Å². The van der Waals surface area contributed by atoms with Crippen LogP contribution in [-0.4, -0.2) is 39.9 Å². The van der Waals surface area contributed by atoms with Crippen LogP contribution >= 0.6 is 0 Å². The fraction of sp³-hybridized carbons (Fsp3) is 0.261. The molecule has 0 saturated carbocycles. The lowest BCUT2D eigenvalue weighted by Crippen LogP contribution is -2.22. The van der Waals surface area contributed by atoms with Crippen LogP contribution in [0.1, 0.15) is 17.9 Å². The lowest BCUT2D eigenvalue weighted by atomic mass is 10.1. The summed E-state index contributed by atoms with van der Waals surface area (Å²) in [5.41, 5.74) is 1.98. The number of ether oxygens (including phenoxy) is 3. The van der Waals surface area contributed by atoms with Crippen molar-refractivity contribution in [2.24, 2.45) is 0 Å². The number of methoxy groups -OCH3 is 2. The van der Waals surface area contributed by atoms with Gasteiger partial charge in [0.05, 0.1) is 43.4 Å². The van der Waals surface area contributed by atoms with Gasteiger partial charge in [-0.3, -0.25) is 14.2 Å². The van der Waals surface area contributed by atoms with E-state index in [-0.39, 0.29) is 31.0 Å². The predicted molar refractivity (Wildman–Crippen MR) is 118 cm³/mol. The van der Waals surface area contributed by atoms with Gasteiger partial charge >= 0.3 is 5.97 Å². The van der Waals surface area contributed by atoms with Crippen LogP contribution in [0.4, 0.5) is 0 Å². The highest BCUT2D eigenvalue weighted by Crippen LogP contribution is 2.31. The second-order valence-corrected chi connectivity index (χ2v) is 7.20. The maximum atomic E-state index is 12.6. The minimum atomic E-state index is -0.506. The van der Waals surface area contributed by atoms with Crippen LogP contribution in [0.25, 0.3) is 22.3 Å².